The number of hydrogen-bond acceptors (Lipinski definition) is 4. The minimum atomic E-state index is -0.0175. The molecule has 284 valence electrons. The van der Waals surface area contributed by atoms with Crippen LogP contribution in [0.5, 0.6) is 0 Å². The SMILES string of the molecule is CC1CC(c2ccccc2)C(c2ccccc2)(C(C)CS)C(CCCCCCCCCCCCS)(CCCCCCCCCCCCS)C1S. The molecule has 5 unspecified atom stereocenters. The molecule has 2 aromatic carbocycles. The van der Waals surface area contributed by atoms with Gasteiger partial charge in [0.05, 0.1) is 0 Å². The number of benzene rings is 2. The van der Waals surface area contributed by atoms with Gasteiger partial charge in [-0.2, -0.15) is 50.5 Å². The lowest BCUT2D eigenvalue weighted by atomic mass is 9.40. The fraction of sp³-hybridized carbons (Fsp3) is 0.739. The van der Waals surface area contributed by atoms with Crippen LogP contribution in [-0.2, 0) is 5.41 Å². The van der Waals surface area contributed by atoms with Crippen LogP contribution in [0, 0.1) is 17.3 Å². The summed E-state index contributed by atoms with van der Waals surface area (Å²) in [6, 6.07) is 23.4. The van der Waals surface area contributed by atoms with E-state index in [0.29, 0.717) is 23.0 Å². The van der Waals surface area contributed by atoms with Crippen molar-refractivity contribution in [2.24, 2.45) is 17.3 Å². The Labute approximate surface area is 333 Å². The molecule has 0 aromatic heterocycles. The average molecular weight is 757 g/mol. The van der Waals surface area contributed by atoms with Gasteiger partial charge in [-0.15, -0.1) is 0 Å². The van der Waals surface area contributed by atoms with E-state index in [1.165, 1.54) is 159 Å². The maximum Gasteiger partial charge on any atom is 0.0122 e. The standard InChI is InChI=1S/C46H76S4/c1-39-37-43(41-29-21-19-22-30-41)46(40(2)38-49,42-31-23-20-24-32-42)45(44(39)50,33-25-15-11-7-3-5-9-13-17-27-35-47)34-26-16-12-8-4-6-10-14-18-28-36-48/h19-24,29-32,39-40,43-44,47-50H,3-18,25-28,33-38H2,1-2H3. The highest BCUT2D eigenvalue weighted by Crippen LogP contribution is 2.68. The summed E-state index contributed by atoms with van der Waals surface area (Å²) in [5.41, 5.74) is 3.15. The zero-order valence-corrected chi connectivity index (χ0v) is 35.8. The second-order valence-electron chi connectivity index (χ2n) is 16.1. The van der Waals surface area contributed by atoms with E-state index < -0.39 is 0 Å². The Bertz CT molecular complexity index is 1060. The molecule has 2 aromatic rings. The topological polar surface area (TPSA) is 0 Å². The van der Waals surface area contributed by atoms with Crippen LogP contribution in [0.3, 0.4) is 0 Å². The Morgan fingerprint density at radius 2 is 0.940 bits per heavy atom. The van der Waals surface area contributed by atoms with Gasteiger partial charge in [0.2, 0.25) is 0 Å². The molecule has 0 heterocycles. The molecule has 5 atom stereocenters. The van der Waals surface area contributed by atoms with Crippen molar-refractivity contribution in [2.45, 2.75) is 178 Å². The van der Waals surface area contributed by atoms with Gasteiger partial charge in [0.15, 0.2) is 0 Å². The van der Waals surface area contributed by atoms with E-state index in [1.54, 1.807) is 0 Å². The van der Waals surface area contributed by atoms with Crippen LogP contribution in [0.4, 0.5) is 0 Å². The van der Waals surface area contributed by atoms with E-state index in [2.05, 4.69) is 99.8 Å². The maximum absolute atomic E-state index is 5.76. The van der Waals surface area contributed by atoms with Crippen molar-refractivity contribution in [1.82, 2.24) is 0 Å². The van der Waals surface area contributed by atoms with Crippen molar-refractivity contribution in [1.29, 1.82) is 0 Å². The van der Waals surface area contributed by atoms with E-state index >= 15 is 0 Å². The second-order valence-corrected chi connectivity index (χ2v) is 17.9. The molecule has 0 radical (unpaired) electrons. The molecule has 0 saturated heterocycles. The van der Waals surface area contributed by atoms with E-state index in [-0.39, 0.29) is 10.8 Å². The first-order valence-electron chi connectivity index (χ1n) is 21.1. The van der Waals surface area contributed by atoms with Crippen LogP contribution in [-0.4, -0.2) is 22.5 Å². The van der Waals surface area contributed by atoms with Gasteiger partial charge in [-0.1, -0.05) is 190 Å². The number of rotatable bonds is 28. The Morgan fingerprint density at radius 3 is 1.34 bits per heavy atom. The molecule has 1 fully saturated rings. The molecule has 0 N–H and O–H groups in total. The minimum absolute atomic E-state index is 0.0175. The predicted molar refractivity (Wildman–Crippen MR) is 239 cm³/mol. The highest BCUT2D eigenvalue weighted by molar-refractivity contribution is 7.81. The van der Waals surface area contributed by atoms with Gasteiger partial charge in [0.25, 0.3) is 0 Å². The fourth-order valence-electron chi connectivity index (χ4n) is 10.1. The third-order valence-corrected chi connectivity index (χ3v) is 14.8. The molecule has 4 heteroatoms. The van der Waals surface area contributed by atoms with Crippen molar-refractivity contribution >= 4 is 50.5 Å². The summed E-state index contributed by atoms with van der Waals surface area (Å²) < 4.78 is 0. The van der Waals surface area contributed by atoms with E-state index in [4.69, 9.17) is 25.3 Å². The van der Waals surface area contributed by atoms with E-state index in [9.17, 15) is 0 Å². The zero-order valence-electron chi connectivity index (χ0n) is 32.3. The Hall–Kier alpha value is -0.160. The number of unbranched alkanes of at least 4 members (excludes halogenated alkanes) is 18. The normalized spacial score (nSPS) is 22.5. The van der Waals surface area contributed by atoms with Gasteiger partial charge < -0.3 is 0 Å². The van der Waals surface area contributed by atoms with Crippen molar-refractivity contribution in [3.8, 4) is 0 Å². The third-order valence-electron chi connectivity index (χ3n) is 12.7. The molecular weight excluding hydrogens is 681 g/mol. The predicted octanol–water partition coefficient (Wildman–Crippen LogP) is 15.0. The van der Waals surface area contributed by atoms with Crippen LogP contribution in [0.25, 0.3) is 0 Å². The lowest BCUT2D eigenvalue weighted by Crippen LogP contribution is -2.63. The molecule has 3 rings (SSSR count). The first-order valence-corrected chi connectivity index (χ1v) is 23.5. The first-order chi connectivity index (χ1) is 24.5. The van der Waals surface area contributed by atoms with Crippen molar-refractivity contribution in [3.05, 3.63) is 71.8 Å². The van der Waals surface area contributed by atoms with Gasteiger partial charge in [0, 0.05) is 10.7 Å². The Kier molecular flexibility index (Phi) is 22.8. The lowest BCUT2D eigenvalue weighted by molar-refractivity contribution is -0.0330. The van der Waals surface area contributed by atoms with E-state index in [0.717, 1.165) is 17.3 Å². The number of thiol groups is 4. The molecular formula is C46H76S4. The summed E-state index contributed by atoms with van der Waals surface area (Å²) in [5, 5.41) is 0.375. The highest BCUT2D eigenvalue weighted by Gasteiger charge is 2.64. The second kappa shape index (κ2) is 25.8. The smallest absolute Gasteiger partial charge is 0.0122 e. The molecule has 0 aliphatic heterocycles. The monoisotopic (exact) mass is 756 g/mol. The van der Waals surface area contributed by atoms with Gasteiger partial charge in [0.1, 0.15) is 0 Å². The minimum Gasteiger partial charge on any atom is -0.179 e. The van der Waals surface area contributed by atoms with Crippen LogP contribution in [0.2, 0.25) is 0 Å². The van der Waals surface area contributed by atoms with Crippen LogP contribution in [0.1, 0.15) is 179 Å². The molecule has 0 bridgehead atoms. The summed E-state index contributed by atoms with van der Waals surface area (Å²) in [6.07, 6.45) is 31.0. The fourth-order valence-corrected chi connectivity index (χ4v) is 11.5. The molecule has 50 heavy (non-hydrogen) atoms. The largest absolute Gasteiger partial charge is 0.179 e. The summed E-state index contributed by atoms with van der Waals surface area (Å²) >= 11 is 19.7. The molecule has 0 nitrogen and oxygen atoms in total. The summed E-state index contributed by atoms with van der Waals surface area (Å²) in [7, 11) is 0. The van der Waals surface area contributed by atoms with Gasteiger partial charge in [-0.3, -0.25) is 0 Å². The van der Waals surface area contributed by atoms with Crippen molar-refractivity contribution < 1.29 is 0 Å². The average Bonchev–Trinajstić information content (AvgIpc) is 3.15. The van der Waals surface area contributed by atoms with Crippen LogP contribution >= 0.6 is 50.5 Å². The first kappa shape index (κ1) is 44.2. The van der Waals surface area contributed by atoms with Crippen molar-refractivity contribution in [2.75, 3.05) is 17.3 Å². The maximum atomic E-state index is 5.76. The summed E-state index contributed by atoms with van der Waals surface area (Å²) in [6.45, 7) is 5.06. The molecule has 0 amide bonds. The molecule has 0 spiro atoms. The van der Waals surface area contributed by atoms with Crippen molar-refractivity contribution in [3.63, 3.8) is 0 Å². The van der Waals surface area contributed by atoms with Gasteiger partial charge in [-0.25, -0.2) is 0 Å². The summed E-state index contributed by atoms with van der Waals surface area (Å²) in [4.78, 5) is 0. The highest BCUT2D eigenvalue weighted by atomic mass is 32.1. The van der Waals surface area contributed by atoms with Gasteiger partial charge in [-0.05, 0) is 83.7 Å². The molecule has 1 aliphatic rings. The Morgan fingerprint density at radius 1 is 0.560 bits per heavy atom. The summed E-state index contributed by atoms with van der Waals surface area (Å²) in [5.74, 6) is 4.43. The van der Waals surface area contributed by atoms with E-state index in [1.807, 2.05) is 0 Å². The quantitative estimate of drug-likeness (QED) is 0.0482. The molecule has 1 aliphatic carbocycles. The zero-order chi connectivity index (χ0) is 35.9. The lowest BCUT2D eigenvalue weighted by Gasteiger charge is -2.65. The van der Waals surface area contributed by atoms with Gasteiger partial charge >= 0.3 is 0 Å². The number of hydrogen-bond donors (Lipinski definition) is 4. The Balaban J connectivity index is 1.85. The van der Waals surface area contributed by atoms with Crippen LogP contribution in [0.15, 0.2) is 60.7 Å². The van der Waals surface area contributed by atoms with Crippen LogP contribution < -0.4 is 0 Å². The molecule has 1 saturated carbocycles. The third kappa shape index (κ3) is 12.7.